The molecule has 4 heterocycles. The Morgan fingerprint density at radius 3 is 1.68 bits per heavy atom. The van der Waals surface area contributed by atoms with Crippen LogP contribution in [0.25, 0.3) is 136 Å². The molecule has 0 amide bonds. The van der Waals surface area contributed by atoms with Crippen LogP contribution in [-0.4, -0.2) is 19.5 Å². The SMILES string of the molecule is c1ccc2cc(-c3nc(-c4ccc(-n5c6cc7ccccc7cc6c6cc7ccccc7cc65)c5c4oc4ccccc45)nc(-c4cccc5sc6ccccc6c45)n3)ccc2c1. The minimum atomic E-state index is 0.550. The Morgan fingerprint density at radius 1 is 0.381 bits per heavy atom. The van der Waals surface area contributed by atoms with Gasteiger partial charge in [0.2, 0.25) is 0 Å². The molecule has 0 unspecified atom stereocenters. The molecule has 0 saturated carbocycles. The van der Waals surface area contributed by atoms with Crippen molar-refractivity contribution < 1.29 is 4.42 Å². The second-order valence-electron chi connectivity index (χ2n) is 16.3. The number of furan rings is 1. The fraction of sp³-hybridized carbons (Fsp3) is 0. The zero-order valence-electron chi connectivity index (χ0n) is 33.6. The summed E-state index contributed by atoms with van der Waals surface area (Å²) in [7, 11) is 0. The smallest absolute Gasteiger partial charge is 0.167 e. The Labute approximate surface area is 363 Å². The minimum Gasteiger partial charge on any atom is -0.455 e. The highest BCUT2D eigenvalue weighted by molar-refractivity contribution is 7.25. The van der Waals surface area contributed by atoms with E-state index in [-0.39, 0.29) is 0 Å². The van der Waals surface area contributed by atoms with Crippen molar-refractivity contribution in [3.63, 3.8) is 0 Å². The van der Waals surface area contributed by atoms with Crippen molar-refractivity contribution in [1.29, 1.82) is 0 Å². The molecule has 0 saturated heterocycles. The van der Waals surface area contributed by atoms with Crippen LogP contribution in [0, 0.1) is 0 Å². The molecule has 0 spiro atoms. The second-order valence-corrected chi connectivity index (χ2v) is 17.4. The van der Waals surface area contributed by atoms with Crippen molar-refractivity contribution in [2.45, 2.75) is 0 Å². The first-order valence-electron chi connectivity index (χ1n) is 21.2. The maximum atomic E-state index is 6.99. The van der Waals surface area contributed by atoms with Crippen molar-refractivity contribution in [3.8, 4) is 39.9 Å². The molecule has 4 aromatic heterocycles. The Bertz CT molecular complexity index is 4140. The lowest BCUT2D eigenvalue weighted by atomic mass is 10.0. The Kier molecular flexibility index (Phi) is 7.21. The van der Waals surface area contributed by atoms with Gasteiger partial charge in [-0.1, -0.05) is 133 Å². The van der Waals surface area contributed by atoms with Gasteiger partial charge in [-0.05, 0) is 93.0 Å². The molecular formula is C57H32N4OS. The number of hydrogen-bond donors (Lipinski definition) is 0. The summed E-state index contributed by atoms with van der Waals surface area (Å²) in [6.07, 6.45) is 0. The van der Waals surface area contributed by atoms with E-state index in [4.69, 9.17) is 19.4 Å². The van der Waals surface area contributed by atoms with Crippen LogP contribution in [-0.2, 0) is 0 Å². The van der Waals surface area contributed by atoms with Crippen molar-refractivity contribution in [2.75, 3.05) is 0 Å². The fourth-order valence-corrected chi connectivity index (χ4v) is 11.0. The summed E-state index contributed by atoms with van der Waals surface area (Å²) in [5.74, 6) is 1.77. The van der Waals surface area contributed by atoms with Crippen molar-refractivity contribution in [1.82, 2.24) is 19.5 Å². The molecule has 0 N–H and O–H groups in total. The van der Waals surface area contributed by atoms with E-state index in [0.717, 1.165) is 71.5 Å². The summed E-state index contributed by atoms with van der Waals surface area (Å²) in [6.45, 7) is 0. The molecule has 10 aromatic carbocycles. The van der Waals surface area contributed by atoms with Gasteiger partial charge >= 0.3 is 0 Å². The van der Waals surface area contributed by atoms with Gasteiger partial charge in [-0.15, -0.1) is 11.3 Å². The van der Waals surface area contributed by atoms with Crippen molar-refractivity contribution >= 4 is 108 Å². The lowest BCUT2D eigenvalue weighted by Crippen LogP contribution is -2.01. The molecule has 0 aliphatic rings. The third kappa shape index (κ3) is 5.19. The normalized spacial score (nSPS) is 12.1. The summed E-state index contributed by atoms with van der Waals surface area (Å²) in [5.41, 5.74) is 7.52. The van der Waals surface area contributed by atoms with Crippen LogP contribution in [0.4, 0.5) is 0 Å². The van der Waals surface area contributed by atoms with Gasteiger partial charge in [0.25, 0.3) is 0 Å². The molecule has 63 heavy (non-hydrogen) atoms. The van der Waals surface area contributed by atoms with Gasteiger partial charge in [0, 0.05) is 47.5 Å². The predicted molar refractivity (Wildman–Crippen MR) is 263 cm³/mol. The topological polar surface area (TPSA) is 56.7 Å². The zero-order chi connectivity index (χ0) is 41.2. The van der Waals surface area contributed by atoms with Crippen molar-refractivity contribution in [3.05, 3.63) is 194 Å². The predicted octanol–water partition coefficient (Wildman–Crippen LogP) is 15.7. The molecule has 5 nitrogen and oxygen atoms in total. The van der Waals surface area contributed by atoms with E-state index in [2.05, 4.69) is 193 Å². The van der Waals surface area contributed by atoms with E-state index in [1.807, 2.05) is 6.07 Å². The molecule has 0 aliphatic heterocycles. The van der Waals surface area contributed by atoms with Crippen LogP contribution >= 0.6 is 11.3 Å². The maximum absolute atomic E-state index is 6.99. The highest BCUT2D eigenvalue weighted by Crippen LogP contribution is 2.45. The van der Waals surface area contributed by atoms with E-state index in [9.17, 15) is 0 Å². The minimum absolute atomic E-state index is 0.550. The van der Waals surface area contributed by atoms with Gasteiger partial charge in [0.1, 0.15) is 11.2 Å². The van der Waals surface area contributed by atoms with Crippen LogP contribution < -0.4 is 0 Å². The number of hydrogen-bond acceptors (Lipinski definition) is 5. The summed E-state index contributed by atoms with van der Waals surface area (Å²) in [5, 5.41) is 13.9. The molecule has 14 rings (SSSR count). The van der Waals surface area contributed by atoms with Gasteiger partial charge in [0.05, 0.1) is 27.7 Å². The van der Waals surface area contributed by atoms with Gasteiger partial charge in [0.15, 0.2) is 17.5 Å². The van der Waals surface area contributed by atoms with Gasteiger partial charge in [-0.25, -0.2) is 15.0 Å². The molecule has 292 valence electrons. The highest BCUT2D eigenvalue weighted by atomic mass is 32.1. The number of rotatable bonds is 4. The fourth-order valence-electron chi connectivity index (χ4n) is 9.86. The van der Waals surface area contributed by atoms with Gasteiger partial charge in [-0.3, -0.25) is 0 Å². The van der Waals surface area contributed by atoms with Gasteiger partial charge in [-0.2, -0.15) is 0 Å². The number of thiophene rings is 1. The first-order valence-corrected chi connectivity index (χ1v) is 22.0. The summed E-state index contributed by atoms with van der Waals surface area (Å²) in [4.78, 5) is 16.0. The van der Waals surface area contributed by atoms with Crippen LogP contribution in [0.1, 0.15) is 0 Å². The quantitative estimate of drug-likeness (QED) is 0.177. The second kappa shape index (κ2) is 13.2. The van der Waals surface area contributed by atoms with Crippen LogP contribution in [0.5, 0.6) is 0 Å². The number of benzene rings is 10. The Hall–Kier alpha value is -8.19. The summed E-state index contributed by atoms with van der Waals surface area (Å²) < 4.78 is 11.8. The molecule has 0 bridgehead atoms. The van der Waals surface area contributed by atoms with Crippen LogP contribution in [0.2, 0.25) is 0 Å². The molecule has 0 aliphatic carbocycles. The number of nitrogens with zero attached hydrogens (tertiary/aromatic N) is 4. The van der Waals surface area contributed by atoms with E-state index >= 15 is 0 Å². The molecular weight excluding hydrogens is 789 g/mol. The van der Waals surface area contributed by atoms with E-state index in [1.165, 1.54) is 47.1 Å². The zero-order valence-corrected chi connectivity index (χ0v) is 34.4. The van der Waals surface area contributed by atoms with Crippen molar-refractivity contribution in [2.24, 2.45) is 0 Å². The monoisotopic (exact) mass is 820 g/mol. The van der Waals surface area contributed by atoms with E-state index < -0.39 is 0 Å². The largest absolute Gasteiger partial charge is 0.455 e. The number of fused-ring (bicyclic) bond motifs is 12. The lowest BCUT2D eigenvalue weighted by Gasteiger charge is -2.13. The third-order valence-electron chi connectivity index (χ3n) is 12.8. The van der Waals surface area contributed by atoms with Gasteiger partial charge < -0.3 is 8.98 Å². The number of aromatic nitrogens is 4. The van der Waals surface area contributed by atoms with E-state index in [1.54, 1.807) is 11.3 Å². The lowest BCUT2D eigenvalue weighted by molar-refractivity contribution is 0.669. The summed E-state index contributed by atoms with van der Waals surface area (Å²) >= 11 is 1.79. The molecule has 14 aromatic rings. The highest BCUT2D eigenvalue weighted by Gasteiger charge is 2.24. The van der Waals surface area contributed by atoms with Crippen LogP contribution in [0.3, 0.4) is 0 Å². The van der Waals surface area contributed by atoms with Crippen LogP contribution in [0.15, 0.2) is 199 Å². The van der Waals surface area contributed by atoms with E-state index in [0.29, 0.717) is 17.5 Å². The number of para-hydroxylation sites is 1. The molecule has 0 radical (unpaired) electrons. The maximum Gasteiger partial charge on any atom is 0.167 e. The first kappa shape index (κ1) is 34.5. The molecule has 0 fully saturated rings. The Morgan fingerprint density at radius 2 is 0.952 bits per heavy atom. The molecule has 6 heteroatoms. The standard InChI is InChI=1S/C57H32N4OS/c1-2-13-34-28-39(25-24-33(34)12-1)55-58-56(42-20-11-23-51-52(42)41-19-8-10-22-50(41)63-51)60-57(59-55)43-26-27-46(53-40-18-7-9-21-49(40)62-54(43)53)61-47-31-37-16-5-3-14-35(37)29-44(47)45-30-36-15-4-6-17-38(36)32-48(45)61/h1-32H. The molecule has 0 atom stereocenters. The summed E-state index contributed by atoms with van der Waals surface area (Å²) in [6, 6.07) is 69.2. The third-order valence-corrected chi connectivity index (χ3v) is 13.9. The average Bonchev–Trinajstić information content (AvgIpc) is 4.02. The first-order chi connectivity index (χ1) is 31.2. The average molecular weight is 821 g/mol. The Balaban J connectivity index is 1.08.